The lowest BCUT2D eigenvalue weighted by atomic mass is 9.98. The molecular weight excluding hydrogens is 388 g/mol. The molecule has 0 bridgehead atoms. The Morgan fingerprint density at radius 1 is 1.14 bits per heavy atom. The number of carbonyl (C=O) groups excluding carboxylic acids is 1. The molecule has 1 atom stereocenters. The van der Waals surface area contributed by atoms with Crippen LogP contribution in [0.4, 0.5) is 5.69 Å². The maximum atomic E-state index is 12.3. The molecule has 2 aromatic rings. The van der Waals surface area contributed by atoms with Crippen LogP contribution in [0.15, 0.2) is 53.4 Å². The van der Waals surface area contributed by atoms with Crippen molar-refractivity contribution in [3.05, 3.63) is 59.1 Å². The van der Waals surface area contributed by atoms with Crippen LogP contribution in [0.25, 0.3) is 0 Å². The van der Waals surface area contributed by atoms with Gasteiger partial charge in [0, 0.05) is 40.9 Å². The maximum Gasteiger partial charge on any atom is 0.221 e. The largest absolute Gasteiger partial charge is 0.372 e. The summed E-state index contributed by atoms with van der Waals surface area (Å²) in [5.74, 6) is 1.68. The summed E-state index contributed by atoms with van der Waals surface area (Å²) in [5, 5.41) is 3.84. The Morgan fingerprint density at radius 3 is 2.43 bits per heavy atom. The summed E-state index contributed by atoms with van der Waals surface area (Å²) in [6.45, 7) is 6.65. The predicted octanol–water partition coefficient (Wildman–Crippen LogP) is 5.94. The summed E-state index contributed by atoms with van der Waals surface area (Å²) < 4.78 is 0. The average Bonchev–Trinajstić information content (AvgIpc) is 2.70. The van der Waals surface area contributed by atoms with E-state index in [0.717, 1.165) is 40.2 Å². The van der Waals surface area contributed by atoms with Gasteiger partial charge in [0.25, 0.3) is 0 Å². The van der Waals surface area contributed by atoms with E-state index in [9.17, 15) is 4.79 Å². The maximum absolute atomic E-state index is 12.3. The van der Waals surface area contributed by atoms with Gasteiger partial charge in [-0.3, -0.25) is 4.79 Å². The van der Waals surface area contributed by atoms with Crippen molar-refractivity contribution >= 4 is 35.0 Å². The molecule has 0 aromatic heterocycles. The monoisotopic (exact) mass is 416 g/mol. The third kappa shape index (κ3) is 6.18. The number of anilines is 1. The zero-order valence-corrected chi connectivity index (χ0v) is 18.2. The number of nitrogens with one attached hydrogen (secondary N) is 1. The van der Waals surface area contributed by atoms with Crippen molar-refractivity contribution in [2.75, 3.05) is 23.7 Å². The zero-order chi connectivity index (χ0) is 19.9. The molecule has 1 fully saturated rings. The number of piperidine rings is 1. The van der Waals surface area contributed by atoms with E-state index in [1.54, 1.807) is 11.8 Å². The van der Waals surface area contributed by atoms with Crippen LogP contribution in [0.2, 0.25) is 5.02 Å². The van der Waals surface area contributed by atoms with Gasteiger partial charge >= 0.3 is 0 Å². The number of amides is 1. The fourth-order valence-corrected chi connectivity index (χ4v) is 4.41. The van der Waals surface area contributed by atoms with E-state index in [1.807, 2.05) is 31.2 Å². The van der Waals surface area contributed by atoms with E-state index in [0.29, 0.717) is 6.42 Å². The van der Waals surface area contributed by atoms with Gasteiger partial charge in [-0.25, -0.2) is 0 Å². The average molecular weight is 417 g/mol. The highest BCUT2D eigenvalue weighted by molar-refractivity contribution is 7.99. The molecule has 0 aliphatic carbocycles. The van der Waals surface area contributed by atoms with Crippen molar-refractivity contribution in [3.63, 3.8) is 0 Å². The fraction of sp³-hybridized carbons (Fsp3) is 0.435. The lowest BCUT2D eigenvalue weighted by molar-refractivity contribution is -0.121. The molecule has 1 aliphatic rings. The molecule has 28 heavy (non-hydrogen) atoms. The van der Waals surface area contributed by atoms with Gasteiger partial charge in [-0.05, 0) is 67.6 Å². The number of hydrogen-bond acceptors (Lipinski definition) is 3. The van der Waals surface area contributed by atoms with Gasteiger partial charge in [0.05, 0.1) is 6.04 Å². The first-order valence-corrected chi connectivity index (χ1v) is 11.4. The molecule has 1 N–H and O–H groups in total. The van der Waals surface area contributed by atoms with E-state index >= 15 is 0 Å². The molecule has 1 amide bonds. The van der Waals surface area contributed by atoms with Crippen LogP contribution in [-0.4, -0.2) is 24.7 Å². The third-order valence-corrected chi connectivity index (χ3v) is 6.60. The van der Waals surface area contributed by atoms with Gasteiger partial charge in [0.15, 0.2) is 0 Å². The SMILES string of the molecule is CC1CCN(c2ccc([C@H](C)NC(=O)CCSc3ccc(Cl)cc3)cc2)CC1. The van der Waals surface area contributed by atoms with Crippen LogP contribution in [0.3, 0.4) is 0 Å². The predicted molar refractivity (Wildman–Crippen MR) is 120 cm³/mol. The van der Waals surface area contributed by atoms with Crippen LogP contribution in [0.1, 0.15) is 44.7 Å². The van der Waals surface area contributed by atoms with Crippen LogP contribution in [-0.2, 0) is 4.79 Å². The van der Waals surface area contributed by atoms with Crippen molar-refractivity contribution in [2.45, 2.75) is 44.0 Å². The molecule has 1 aliphatic heterocycles. The normalized spacial score (nSPS) is 16.0. The first-order chi connectivity index (χ1) is 13.5. The van der Waals surface area contributed by atoms with Crippen LogP contribution >= 0.6 is 23.4 Å². The number of rotatable bonds is 7. The fourth-order valence-electron chi connectivity index (χ4n) is 3.43. The van der Waals surface area contributed by atoms with Crippen molar-refractivity contribution in [2.24, 2.45) is 5.92 Å². The first kappa shape index (κ1) is 21.1. The molecule has 0 unspecified atom stereocenters. The topological polar surface area (TPSA) is 32.3 Å². The van der Waals surface area contributed by atoms with E-state index in [2.05, 4.69) is 41.4 Å². The van der Waals surface area contributed by atoms with Gasteiger partial charge in [-0.1, -0.05) is 30.7 Å². The van der Waals surface area contributed by atoms with Gasteiger partial charge < -0.3 is 10.2 Å². The van der Waals surface area contributed by atoms with Crippen LogP contribution in [0.5, 0.6) is 0 Å². The lowest BCUT2D eigenvalue weighted by Crippen LogP contribution is -2.32. The molecule has 150 valence electrons. The molecular formula is C23H29ClN2OS. The van der Waals surface area contributed by atoms with Crippen molar-refractivity contribution in [3.8, 4) is 0 Å². The summed E-state index contributed by atoms with van der Waals surface area (Å²) >= 11 is 7.57. The van der Waals surface area contributed by atoms with Crippen molar-refractivity contribution in [1.29, 1.82) is 0 Å². The minimum atomic E-state index is 0.0171. The highest BCUT2D eigenvalue weighted by Gasteiger charge is 2.16. The Bertz CT molecular complexity index is 755. The molecule has 3 rings (SSSR count). The molecule has 5 heteroatoms. The minimum Gasteiger partial charge on any atom is -0.372 e. The number of halogens is 1. The molecule has 0 spiro atoms. The molecule has 3 nitrogen and oxygen atoms in total. The number of hydrogen-bond donors (Lipinski definition) is 1. The number of benzene rings is 2. The Balaban J connectivity index is 1.43. The number of carbonyl (C=O) groups is 1. The molecule has 1 saturated heterocycles. The Kier molecular flexibility index (Phi) is 7.69. The second-order valence-corrected chi connectivity index (χ2v) is 9.21. The smallest absolute Gasteiger partial charge is 0.221 e. The molecule has 2 aromatic carbocycles. The summed E-state index contributed by atoms with van der Waals surface area (Å²) in [5.41, 5.74) is 2.43. The zero-order valence-electron chi connectivity index (χ0n) is 16.7. The van der Waals surface area contributed by atoms with Gasteiger partial charge in [-0.15, -0.1) is 11.8 Å². The quantitative estimate of drug-likeness (QED) is 0.567. The standard InChI is InChI=1S/C23H29ClN2OS/c1-17-11-14-26(15-12-17)21-7-3-19(4-8-21)18(2)25-23(27)13-16-28-22-9-5-20(24)6-10-22/h3-10,17-18H,11-16H2,1-2H3,(H,25,27)/t18-/m0/s1. The van der Waals surface area contributed by atoms with Gasteiger partial charge in [0.1, 0.15) is 0 Å². The van der Waals surface area contributed by atoms with Crippen molar-refractivity contribution in [1.82, 2.24) is 5.32 Å². The second kappa shape index (κ2) is 10.2. The highest BCUT2D eigenvalue weighted by atomic mass is 35.5. The molecule has 0 saturated carbocycles. The molecule has 0 radical (unpaired) electrons. The van der Waals surface area contributed by atoms with E-state index in [4.69, 9.17) is 11.6 Å². The van der Waals surface area contributed by atoms with Gasteiger partial charge in [-0.2, -0.15) is 0 Å². The van der Waals surface area contributed by atoms with E-state index in [1.165, 1.54) is 18.5 Å². The lowest BCUT2D eigenvalue weighted by Gasteiger charge is -2.32. The summed E-state index contributed by atoms with van der Waals surface area (Å²) in [4.78, 5) is 15.9. The van der Waals surface area contributed by atoms with Crippen molar-refractivity contribution < 1.29 is 4.79 Å². The molecule has 1 heterocycles. The van der Waals surface area contributed by atoms with E-state index in [-0.39, 0.29) is 11.9 Å². The van der Waals surface area contributed by atoms with Gasteiger partial charge in [0.2, 0.25) is 5.91 Å². The summed E-state index contributed by atoms with van der Waals surface area (Å²) in [6.07, 6.45) is 3.03. The minimum absolute atomic E-state index is 0.0171. The van der Waals surface area contributed by atoms with E-state index < -0.39 is 0 Å². The Morgan fingerprint density at radius 2 is 1.79 bits per heavy atom. The summed E-state index contributed by atoms with van der Waals surface area (Å²) in [6, 6.07) is 16.4. The Labute approximate surface area is 177 Å². The summed E-state index contributed by atoms with van der Waals surface area (Å²) in [7, 11) is 0. The highest BCUT2D eigenvalue weighted by Crippen LogP contribution is 2.25. The second-order valence-electron chi connectivity index (χ2n) is 7.60. The third-order valence-electron chi connectivity index (χ3n) is 5.33. The first-order valence-electron chi connectivity index (χ1n) is 10.0. The van der Waals surface area contributed by atoms with Crippen LogP contribution in [0, 0.1) is 5.92 Å². The number of nitrogens with zero attached hydrogens (tertiary/aromatic N) is 1. The number of thioether (sulfide) groups is 1. The Hall–Kier alpha value is -1.65. The van der Waals surface area contributed by atoms with Crippen LogP contribution < -0.4 is 10.2 Å².